The first-order valence-electron chi connectivity index (χ1n) is 8.21. The molecular weight excluding hydrogens is 476 g/mol. The Bertz CT molecular complexity index is 1030. The molecule has 1 aromatic heterocycles. The highest BCUT2D eigenvalue weighted by Gasteiger charge is 2.14. The van der Waals surface area contributed by atoms with Crippen LogP contribution < -0.4 is 16.2 Å². The molecule has 0 aliphatic carbocycles. The van der Waals surface area contributed by atoms with E-state index in [9.17, 15) is 9.59 Å². The topological polar surface area (TPSA) is 86.0 Å². The molecule has 0 aliphatic heterocycles. The fourth-order valence-electron chi connectivity index (χ4n) is 2.73. The summed E-state index contributed by atoms with van der Waals surface area (Å²) in [5, 5.41) is 3.82. The lowest BCUT2D eigenvalue weighted by molar-refractivity contribution is -0.120. The summed E-state index contributed by atoms with van der Waals surface area (Å²) < 4.78 is 1.72. The van der Waals surface area contributed by atoms with E-state index in [1.165, 1.54) is 0 Å². The third kappa shape index (κ3) is 4.51. The Morgan fingerprint density at radius 1 is 1.04 bits per heavy atom. The molecule has 0 fully saturated rings. The highest BCUT2D eigenvalue weighted by Crippen LogP contribution is 2.29. The van der Waals surface area contributed by atoms with Gasteiger partial charge < -0.3 is 10.3 Å². The fraction of sp³-hybridized carbons (Fsp3) is 0.158. The van der Waals surface area contributed by atoms with E-state index in [2.05, 4.69) is 53.0 Å². The molecule has 4 N–H and O–H groups in total. The van der Waals surface area contributed by atoms with Crippen LogP contribution >= 0.6 is 31.9 Å². The monoisotopic (exact) mass is 492 g/mol. The van der Waals surface area contributed by atoms with E-state index >= 15 is 0 Å². The molecular formula is C19H18Br2N4O2. The van der Waals surface area contributed by atoms with Gasteiger partial charge in [-0.05, 0) is 69.5 Å². The van der Waals surface area contributed by atoms with Gasteiger partial charge in [0.2, 0.25) is 0 Å². The number of benzene rings is 2. The maximum absolute atomic E-state index is 12.4. The van der Waals surface area contributed by atoms with Crippen molar-refractivity contribution in [3.63, 3.8) is 0 Å². The number of anilines is 1. The van der Waals surface area contributed by atoms with Crippen LogP contribution in [0.15, 0.2) is 45.5 Å². The number of aryl methyl sites for hydroxylation is 2. The number of carbonyl (C=O) groups excluding carboxylic acids is 2. The van der Waals surface area contributed by atoms with Crippen molar-refractivity contribution >= 4 is 60.3 Å². The van der Waals surface area contributed by atoms with Crippen LogP contribution in [-0.2, 0) is 4.79 Å². The molecule has 0 saturated carbocycles. The van der Waals surface area contributed by atoms with Crippen molar-refractivity contribution in [2.24, 2.45) is 0 Å². The second-order valence-corrected chi connectivity index (χ2v) is 7.90. The first-order valence-corrected chi connectivity index (χ1v) is 9.80. The SMILES string of the molecule is Cc1ccc(NCC(=O)NNC(=O)c2c[nH]c3cc(Br)c(Br)cc23)c(C)c1. The summed E-state index contributed by atoms with van der Waals surface area (Å²) in [5.74, 6) is -0.734. The predicted molar refractivity (Wildman–Crippen MR) is 114 cm³/mol. The zero-order chi connectivity index (χ0) is 19.6. The van der Waals surface area contributed by atoms with Crippen LogP contribution in [0.25, 0.3) is 10.9 Å². The van der Waals surface area contributed by atoms with Crippen molar-refractivity contribution in [1.82, 2.24) is 15.8 Å². The van der Waals surface area contributed by atoms with Gasteiger partial charge in [0.05, 0.1) is 12.1 Å². The van der Waals surface area contributed by atoms with E-state index in [0.717, 1.165) is 36.7 Å². The lowest BCUT2D eigenvalue weighted by Crippen LogP contribution is -2.44. The number of fused-ring (bicyclic) bond motifs is 1. The van der Waals surface area contributed by atoms with Crippen LogP contribution in [0.2, 0.25) is 0 Å². The lowest BCUT2D eigenvalue weighted by Gasteiger charge is -2.11. The molecule has 140 valence electrons. The molecule has 8 heteroatoms. The maximum Gasteiger partial charge on any atom is 0.271 e. The van der Waals surface area contributed by atoms with E-state index < -0.39 is 5.91 Å². The molecule has 3 aromatic rings. The van der Waals surface area contributed by atoms with E-state index in [1.807, 2.05) is 44.2 Å². The minimum Gasteiger partial charge on any atom is -0.376 e. The van der Waals surface area contributed by atoms with Gasteiger partial charge in [0.1, 0.15) is 0 Å². The Kier molecular flexibility index (Phi) is 5.86. The summed E-state index contributed by atoms with van der Waals surface area (Å²) >= 11 is 6.86. The van der Waals surface area contributed by atoms with Crippen molar-refractivity contribution in [3.05, 3.63) is 62.2 Å². The molecule has 3 rings (SSSR count). The lowest BCUT2D eigenvalue weighted by atomic mass is 10.1. The van der Waals surface area contributed by atoms with Gasteiger partial charge in [0.15, 0.2) is 0 Å². The van der Waals surface area contributed by atoms with E-state index in [1.54, 1.807) is 6.20 Å². The van der Waals surface area contributed by atoms with Crippen LogP contribution in [0, 0.1) is 13.8 Å². The molecule has 0 saturated heterocycles. The largest absolute Gasteiger partial charge is 0.376 e. The number of carbonyl (C=O) groups is 2. The van der Waals surface area contributed by atoms with E-state index in [4.69, 9.17) is 0 Å². The van der Waals surface area contributed by atoms with Crippen LogP contribution in [0.3, 0.4) is 0 Å². The number of hydrazine groups is 1. The Labute approximate surface area is 173 Å². The van der Waals surface area contributed by atoms with E-state index in [0.29, 0.717) is 5.56 Å². The highest BCUT2D eigenvalue weighted by molar-refractivity contribution is 9.13. The number of nitrogens with one attached hydrogen (secondary N) is 4. The molecule has 0 unspecified atom stereocenters. The molecule has 0 bridgehead atoms. The third-order valence-electron chi connectivity index (χ3n) is 4.10. The minimum atomic E-state index is -0.393. The van der Waals surface area contributed by atoms with Gasteiger partial charge in [0, 0.05) is 31.7 Å². The highest BCUT2D eigenvalue weighted by atomic mass is 79.9. The number of hydrogen-bond donors (Lipinski definition) is 4. The average Bonchev–Trinajstić information content (AvgIpc) is 3.02. The van der Waals surface area contributed by atoms with Crippen molar-refractivity contribution in [2.75, 3.05) is 11.9 Å². The molecule has 0 radical (unpaired) electrons. The summed E-state index contributed by atoms with van der Waals surface area (Å²) in [5.41, 5.74) is 9.24. The second-order valence-electron chi connectivity index (χ2n) is 6.19. The van der Waals surface area contributed by atoms with Crippen molar-refractivity contribution in [2.45, 2.75) is 13.8 Å². The number of H-pyrrole nitrogens is 1. The number of halogens is 2. The maximum atomic E-state index is 12.4. The molecule has 1 heterocycles. The fourth-order valence-corrected chi connectivity index (χ4v) is 3.42. The predicted octanol–water partition coefficient (Wildman–Crippen LogP) is 4.18. The average molecular weight is 494 g/mol. The van der Waals surface area contributed by atoms with Gasteiger partial charge in [-0.15, -0.1) is 0 Å². The third-order valence-corrected chi connectivity index (χ3v) is 5.95. The number of amides is 2. The Hall–Kier alpha value is -2.32. The zero-order valence-corrected chi connectivity index (χ0v) is 17.9. The zero-order valence-electron chi connectivity index (χ0n) is 14.7. The smallest absolute Gasteiger partial charge is 0.271 e. The molecule has 0 spiro atoms. The first-order chi connectivity index (χ1) is 12.8. The van der Waals surface area contributed by atoms with Gasteiger partial charge >= 0.3 is 0 Å². The number of aromatic amines is 1. The molecule has 0 aliphatic rings. The summed E-state index contributed by atoms with van der Waals surface area (Å²) in [4.78, 5) is 27.5. The van der Waals surface area contributed by atoms with Gasteiger partial charge in [-0.2, -0.15) is 0 Å². The number of aromatic nitrogens is 1. The Balaban J connectivity index is 1.59. The summed E-state index contributed by atoms with van der Waals surface area (Å²) in [6, 6.07) is 9.66. The molecule has 2 aromatic carbocycles. The van der Waals surface area contributed by atoms with Crippen molar-refractivity contribution in [3.8, 4) is 0 Å². The number of hydrogen-bond acceptors (Lipinski definition) is 3. The van der Waals surface area contributed by atoms with Gasteiger partial charge in [-0.3, -0.25) is 20.4 Å². The van der Waals surface area contributed by atoms with Gasteiger partial charge in [-0.25, -0.2) is 0 Å². The molecule has 0 atom stereocenters. The van der Waals surface area contributed by atoms with Crippen LogP contribution in [0.4, 0.5) is 5.69 Å². The van der Waals surface area contributed by atoms with Gasteiger partial charge in [-0.1, -0.05) is 17.7 Å². The number of rotatable bonds is 4. The molecule has 2 amide bonds. The standard InChI is InChI=1S/C19H18Br2N4O2/c1-10-3-4-16(11(2)5-10)23-9-18(26)24-25-19(27)13-8-22-17-7-15(21)14(20)6-12(13)17/h3-8,22-23H,9H2,1-2H3,(H,24,26)(H,25,27). The van der Waals surface area contributed by atoms with E-state index in [-0.39, 0.29) is 12.5 Å². The Morgan fingerprint density at radius 2 is 1.78 bits per heavy atom. The summed E-state index contributed by atoms with van der Waals surface area (Å²) in [7, 11) is 0. The minimum absolute atomic E-state index is 0.0521. The summed E-state index contributed by atoms with van der Waals surface area (Å²) in [6.45, 7) is 4.04. The molecule has 6 nitrogen and oxygen atoms in total. The second kappa shape index (κ2) is 8.14. The van der Waals surface area contributed by atoms with Crippen molar-refractivity contribution < 1.29 is 9.59 Å². The van der Waals surface area contributed by atoms with Gasteiger partial charge in [0.25, 0.3) is 11.8 Å². The summed E-state index contributed by atoms with van der Waals surface area (Å²) in [6.07, 6.45) is 1.61. The molecule has 27 heavy (non-hydrogen) atoms. The first kappa shape index (κ1) is 19.4. The van der Waals surface area contributed by atoms with Crippen molar-refractivity contribution in [1.29, 1.82) is 0 Å². The normalized spacial score (nSPS) is 10.7. The van der Waals surface area contributed by atoms with Crippen LogP contribution in [0.1, 0.15) is 21.5 Å². The Morgan fingerprint density at radius 3 is 2.52 bits per heavy atom. The quantitative estimate of drug-likeness (QED) is 0.411. The van der Waals surface area contributed by atoms with Crippen LogP contribution in [0.5, 0.6) is 0 Å². The van der Waals surface area contributed by atoms with Crippen LogP contribution in [-0.4, -0.2) is 23.3 Å².